The van der Waals surface area contributed by atoms with Gasteiger partial charge < -0.3 is 14.5 Å². The number of carbonyl (C=O) groups excluding carboxylic acids is 2. The lowest BCUT2D eigenvalue weighted by atomic mass is 9.79. The Morgan fingerprint density at radius 3 is 2.52 bits per heavy atom. The first kappa shape index (κ1) is 28.1. The van der Waals surface area contributed by atoms with E-state index in [4.69, 9.17) is 4.74 Å². The molecule has 2 amide bonds. The lowest BCUT2D eigenvalue weighted by Crippen LogP contribution is -2.43. The average molecular weight is 613 g/mol. The fourth-order valence-corrected chi connectivity index (χ4v) is 7.88. The van der Waals surface area contributed by atoms with Crippen molar-refractivity contribution in [2.24, 2.45) is 7.05 Å². The minimum atomic E-state index is -4.06. The van der Waals surface area contributed by atoms with Crippen LogP contribution in [-0.2, 0) is 32.0 Å². The molecule has 0 aliphatic carbocycles. The van der Waals surface area contributed by atoms with Crippen molar-refractivity contribution in [3.8, 4) is 11.1 Å². The molecule has 2 aliphatic rings. The number of pyridine rings is 1. The number of likely N-dealkylation sites (N-methyl/N-ethyl adjacent to an activating group) is 1. The van der Waals surface area contributed by atoms with Gasteiger partial charge in [-0.3, -0.25) is 9.48 Å². The molecule has 0 N–H and O–H groups in total. The van der Waals surface area contributed by atoms with E-state index < -0.39 is 27.1 Å². The van der Waals surface area contributed by atoms with Crippen molar-refractivity contribution in [2.75, 3.05) is 25.0 Å². The Bertz CT molecular complexity index is 2110. The van der Waals surface area contributed by atoms with Crippen molar-refractivity contribution in [3.05, 3.63) is 72.7 Å². The van der Waals surface area contributed by atoms with Crippen LogP contribution in [0, 0.1) is 0 Å². The van der Waals surface area contributed by atoms with Crippen LogP contribution >= 0.6 is 0 Å². The number of benzene rings is 2. The number of fused-ring (bicyclic) bond motifs is 5. The van der Waals surface area contributed by atoms with Crippen LogP contribution in [0.1, 0.15) is 32.8 Å². The highest BCUT2D eigenvalue weighted by molar-refractivity contribution is 7.90. The highest BCUT2D eigenvalue weighted by Crippen LogP contribution is 2.52. The number of amides is 2. The minimum absolute atomic E-state index is 0.106. The number of carbonyl (C=O) groups is 2. The van der Waals surface area contributed by atoms with E-state index in [2.05, 4.69) is 10.1 Å². The predicted octanol–water partition coefficient (Wildman–Crippen LogP) is 4.68. The maximum Gasteiger partial charge on any atom is 0.410 e. The molecule has 2 aromatic carbocycles. The SMILES string of the molecule is CN1C(=O)C2(CCN(C(=O)OC(C)(C)C)C2)c2c1cnc1c2c(-c2ccc3c(cnn3C)c2)cn1S(=O)(=O)c1ccccc1. The van der Waals surface area contributed by atoms with E-state index in [1.54, 1.807) is 91.2 Å². The van der Waals surface area contributed by atoms with E-state index in [9.17, 15) is 18.0 Å². The summed E-state index contributed by atoms with van der Waals surface area (Å²) in [6.45, 7) is 5.83. The molecule has 12 heteroatoms. The molecule has 1 atom stereocenters. The molecular formula is C32H32N6O5S. The van der Waals surface area contributed by atoms with Gasteiger partial charge in [-0.2, -0.15) is 5.10 Å². The standard InChI is InChI=1S/C32H32N6O5S/c1-31(2,3)43-30(40)37-14-13-32(19-37)27-25(35(4)29(32)39)17-33-28-26(27)23(20-11-12-24-21(15-20)16-34-36(24)5)18-38(28)44(41,42)22-9-7-6-8-10-22/h6-12,15-18H,13-14,19H2,1-5H3. The van der Waals surface area contributed by atoms with Crippen molar-refractivity contribution in [2.45, 2.75) is 43.1 Å². The molecule has 1 fully saturated rings. The summed E-state index contributed by atoms with van der Waals surface area (Å²) in [6, 6.07) is 14.0. The summed E-state index contributed by atoms with van der Waals surface area (Å²) in [7, 11) is -0.508. The first-order valence-electron chi connectivity index (χ1n) is 14.4. The third kappa shape index (κ3) is 4.04. The van der Waals surface area contributed by atoms with Crippen molar-refractivity contribution in [1.29, 1.82) is 0 Å². The Labute approximate surface area is 254 Å². The van der Waals surface area contributed by atoms with Gasteiger partial charge in [0.15, 0.2) is 5.65 Å². The van der Waals surface area contributed by atoms with E-state index in [1.165, 1.54) is 3.97 Å². The number of ether oxygens (including phenoxy) is 1. The van der Waals surface area contributed by atoms with E-state index in [0.717, 1.165) is 16.5 Å². The van der Waals surface area contributed by atoms with Crippen molar-refractivity contribution in [1.82, 2.24) is 23.6 Å². The number of anilines is 1. The molecule has 1 saturated heterocycles. The number of aromatic nitrogens is 4. The highest BCUT2D eigenvalue weighted by Gasteiger charge is 2.56. The number of aryl methyl sites for hydroxylation is 1. The van der Waals surface area contributed by atoms with Gasteiger partial charge in [-0.15, -0.1) is 0 Å². The van der Waals surface area contributed by atoms with Gasteiger partial charge >= 0.3 is 6.09 Å². The van der Waals surface area contributed by atoms with Gasteiger partial charge in [-0.25, -0.2) is 22.2 Å². The van der Waals surface area contributed by atoms with Crippen LogP contribution in [0.5, 0.6) is 0 Å². The summed E-state index contributed by atoms with van der Waals surface area (Å²) in [4.78, 5) is 35.2. The molecule has 1 unspecified atom stereocenters. The molecule has 3 aromatic heterocycles. The molecule has 0 saturated carbocycles. The highest BCUT2D eigenvalue weighted by atomic mass is 32.2. The number of rotatable bonds is 3. The van der Waals surface area contributed by atoms with Crippen LogP contribution in [0.15, 0.2) is 72.0 Å². The Morgan fingerprint density at radius 2 is 1.80 bits per heavy atom. The number of nitrogens with zero attached hydrogens (tertiary/aromatic N) is 6. The monoisotopic (exact) mass is 612 g/mol. The van der Waals surface area contributed by atoms with Crippen LogP contribution in [0.4, 0.5) is 10.5 Å². The fraction of sp³-hybridized carbons (Fsp3) is 0.312. The summed E-state index contributed by atoms with van der Waals surface area (Å²) in [5.41, 5.74) is 1.98. The largest absolute Gasteiger partial charge is 0.444 e. The second-order valence-corrected chi connectivity index (χ2v) is 14.3. The Balaban J connectivity index is 1.50. The second kappa shape index (κ2) is 9.39. The van der Waals surface area contributed by atoms with Crippen LogP contribution in [0.3, 0.4) is 0 Å². The molecule has 0 radical (unpaired) electrons. The Morgan fingerprint density at radius 1 is 1.05 bits per heavy atom. The summed E-state index contributed by atoms with van der Waals surface area (Å²) >= 11 is 0. The molecule has 0 bridgehead atoms. The molecule has 2 aliphatic heterocycles. The molecular weight excluding hydrogens is 580 g/mol. The number of hydrogen-bond donors (Lipinski definition) is 0. The van der Waals surface area contributed by atoms with Gasteiger partial charge in [0.2, 0.25) is 5.91 Å². The normalized spacial score (nSPS) is 18.6. The van der Waals surface area contributed by atoms with E-state index >= 15 is 0 Å². The molecule has 5 heterocycles. The smallest absolute Gasteiger partial charge is 0.410 e. The zero-order valence-electron chi connectivity index (χ0n) is 25.1. The summed E-state index contributed by atoms with van der Waals surface area (Å²) < 4.78 is 36.8. The molecule has 11 nitrogen and oxygen atoms in total. The van der Waals surface area contributed by atoms with Gasteiger partial charge in [0, 0.05) is 55.3 Å². The van der Waals surface area contributed by atoms with Gasteiger partial charge in [-0.1, -0.05) is 24.3 Å². The van der Waals surface area contributed by atoms with Crippen molar-refractivity contribution >= 4 is 49.6 Å². The minimum Gasteiger partial charge on any atom is -0.444 e. The fourth-order valence-electron chi connectivity index (χ4n) is 6.54. The van der Waals surface area contributed by atoms with Crippen LogP contribution in [0.2, 0.25) is 0 Å². The van der Waals surface area contributed by atoms with Gasteiger partial charge in [-0.05, 0) is 57.0 Å². The molecule has 1 spiro atoms. The third-order valence-corrected chi connectivity index (χ3v) is 10.3. The van der Waals surface area contributed by atoms with Gasteiger partial charge in [0.1, 0.15) is 5.60 Å². The van der Waals surface area contributed by atoms with Crippen LogP contribution < -0.4 is 4.90 Å². The second-order valence-electron chi connectivity index (χ2n) is 12.5. The lowest BCUT2D eigenvalue weighted by molar-refractivity contribution is -0.122. The van der Waals surface area contributed by atoms with Crippen LogP contribution in [0.25, 0.3) is 33.1 Å². The molecule has 226 valence electrons. The predicted molar refractivity (Wildman–Crippen MR) is 166 cm³/mol. The van der Waals surface area contributed by atoms with Crippen molar-refractivity contribution < 1.29 is 22.7 Å². The topological polar surface area (TPSA) is 120 Å². The van der Waals surface area contributed by atoms with E-state index in [1.807, 2.05) is 25.2 Å². The van der Waals surface area contributed by atoms with Crippen LogP contribution in [-0.4, -0.2) is 69.8 Å². The molecule has 5 aromatic rings. The Kier molecular flexibility index (Phi) is 6.00. The Hall–Kier alpha value is -4.71. The summed E-state index contributed by atoms with van der Waals surface area (Å²) in [5, 5.41) is 5.82. The first-order chi connectivity index (χ1) is 20.8. The van der Waals surface area contributed by atoms with Gasteiger partial charge in [0.25, 0.3) is 10.0 Å². The molecule has 44 heavy (non-hydrogen) atoms. The van der Waals surface area contributed by atoms with Crippen molar-refractivity contribution in [3.63, 3.8) is 0 Å². The zero-order valence-corrected chi connectivity index (χ0v) is 25.9. The lowest BCUT2D eigenvalue weighted by Gasteiger charge is -2.26. The molecule has 7 rings (SSSR count). The zero-order chi connectivity index (χ0) is 31.2. The number of likely N-dealkylation sites (tertiary alicyclic amines) is 1. The van der Waals surface area contributed by atoms with Gasteiger partial charge in [0.05, 0.1) is 33.9 Å². The van der Waals surface area contributed by atoms with E-state index in [0.29, 0.717) is 35.2 Å². The number of hydrogen-bond acceptors (Lipinski definition) is 7. The quantitative estimate of drug-likeness (QED) is 0.290. The average Bonchev–Trinajstić information content (AvgIpc) is 3.74. The first-order valence-corrected chi connectivity index (χ1v) is 15.8. The maximum absolute atomic E-state index is 14.1. The third-order valence-electron chi connectivity index (χ3n) is 8.60. The van der Waals surface area contributed by atoms with E-state index in [-0.39, 0.29) is 23.0 Å². The summed E-state index contributed by atoms with van der Waals surface area (Å²) in [6.07, 6.45) is 4.78. The summed E-state index contributed by atoms with van der Waals surface area (Å²) in [5.74, 6) is -0.166. The maximum atomic E-state index is 14.1.